The molecule has 5 nitrogen and oxygen atoms in total. The Hall–Kier alpha value is -1.99. The van der Waals surface area contributed by atoms with Crippen LogP contribution in [0.2, 0.25) is 0 Å². The van der Waals surface area contributed by atoms with Gasteiger partial charge in [-0.25, -0.2) is 0 Å². The molecule has 0 atom stereocenters. The van der Waals surface area contributed by atoms with Gasteiger partial charge in [-0.1, -0.05) is 0 Å². The van der Waals surface area contributed by atoms with E-state index in [0.717, 1.165) is 10.7 Å². The van der Waals surface area contributed by atoms with Crippen molar-refractivity contribution < 1.29 is 27.2 Å². The lowest BCUT2D eigenvalue weighted by Crippen LogP contribution is -2.47. The van der Waals surface area contributed by atoms with E-state index in [2.05, 4.69) is 0 Å². The van der Waals surface area contributed by atoms with E-state index < -0.39 is 12.1 Å². The second kappa shape index (κ2) is 7.06. The van der Waals surface area contributed by atoms with Crippen molar-refractivity contribution in [3.05, 3.63) is 24.2 Å². The topological polar surface area (TPSA) is 53.8 Å². The quantitative estimate of drug-likeness (QED) is 0.848. The van der Waals surface area contributed by atoms with E-state index in [4.69, 9.17) is 4.42 Å². The van der Waals surface area contributed by atoms with Gasteiger partial charge in [-0.2, -0.15) is 13.2 Å². The number of nitrogens with zero attached hydrogens (tertiary/aromatic N) is 2. The summed E-state index contributed by atoms with van der Waals surface area (Å²) in [5, 5.41) is 0. The number of hydrogen-bond acceptors (Lipinski definition) is 3. The molecule has 0 aromatic carbocycles. The molecule has 2 amide bonds. The van der Waals surface area contributed by atoms with Crippen LogP contribution in [0.5, 0.6) is 0 Å². The van der Waals surface area contributed by atoms with Gasteiger partial charge in [0.25, 0.3) is 0 Å². The third-order valence-corrected chi connectivity index (χ3v) is 4.02. The van der Waals surface area contributed by atoms with Gasteiger partial charge in [-0.15, -0.1) is 0 Å². The molecule has 2 heterocycles. The van der Waals surface area contributed by atoms with Gasteiger partial charge in [0.15, 0.2) is 0 Å². The van der Waals surface area contributed by atoms with Crippen LogP contribution < -0.4 is 0 Å². The number of piperidine rings is 1. The lowest BCUT2D eigenvalue weighted by Gasteiger charge is -2.33. The van der Waals surface area contributed by atoms with Gasteiger partial charge in [0.1, 0.15) is 5.76 Å². The first kappa shape index (κ1) is 17.4. The lowest BCUT2D eigenvalue weighted by molar-refractivity contribution is -0.187. The van der Waals surface area contributed by atoms with Gasteiger partial charge >= 0.3 is 12.1 Å². The Morgan fingerprint density at radius 3 is 2.52 bits per heavy atom. The zero-order valence-corrected chi connectivity index (χ0v) is 12.8. The number of likely N-dealkylation sites (N-methyl/N-ethyl adjacent to an activating group) is 1. The Morgan fingerprint density at radius 1 is 1.35 bits per heavy atom. The predicted molar refractivity (Wildman–Crippen MR) is 75.4 cm³/mol. The van der Waals surface area contributed by atoms with Crippen molar-refractivity contribution >= 4 is 11.8 Å². The highest BCUT2D eigenvalue weighted by Gasteiger charge is 2.43. The molecular weight excluding hydrogens is 313 g/mol. The highest BCUT2D eigenvalue weighted by Crippen LogP contribution is 2.24. The molecule has 0 bridgehead atoms. The summed E-state index contributed by atoms with van der Waals surface area (Å²) in [6.07, 6.45) is -2.20. The first-order valence-corrected chi connectivity index (χ1v) is 7.42. The fourth-order valence-corrected chi connectivity index (χ4v) is 2.66. The van der Waals surface area contributed by atoms with Crippen LogP contribution >= 0.6 is 0 Å². The Labute approximate surface area is 132 Å². The van der Waals surface area contributed by atoms with Crippen LogP contribution in [0.15, 0.2) is 22.8 Å². The van der Waals surface area contributed by atoms with E-state index in [9.17, 15) is 22.8 Å². The Bertz CT molecular complexity index is 535. The summed E-state index contributed by atoms with van der Waals surface area (Å²) < 4.78 is 42.3. The van der Waals surface area contributed by atoms with E-state index >= 15 is 0 Å². The summed E-state index contributed by atoms with van der Waals surface area (Å²) in [5.41, 5.74) is 0. The number of hydrogen-bond donors (Lipinski definition) is 0. The molecule has 128 valence electrons. The number of halogens is 3. The zero-order chi connectivity index (χ0) is 17.0. The molecule has 0 N–H and O–H groups in total. The number of amides is 2. The van der Waals surface area contributed by atoms with Crippen molar-refractivity contribution in [3.63, 3.8) is 0 Å². The van der Waals surface area contributed by atoms with Gasteiger partial charge < -0.3 is 14.2 Å². The summed E-state index contributed by atoms with van der Waals surface area (Å²) in [6, 6.07) is 3.59. The van der Waals surface area contributed by atoms with Gasteiger partial charge in [0.05, 0.1) is 6.26 Å². The van der Waals surface area contributed by atoms with Crippen molar-refractivity contribution in [2.45, 2.75) is 25.4 Å². The minimum absolute atomic E-state index is 0.0409. The van der Waals surface area contributed by atoms with E-state index in [1.54, 1.807) is 24.3 Å². The van der Waals surface area contributed by atoms with Crippen molar-refractivity contribution in [3.8, 4) is 0 Å². The number of rotatable bonds is 4. The average Bonchev–Trinajstić information content (AvgIpc) is 3.04. The number of alkyl halides is 3. The molecule has 2 rings (SSSR count). The summed E-state index contributed by atoms with van der Waals surface area (Å²) in [6.45, 7) is 0.398. The van der Waals surface area contributed by atoms with Gasteiger partial charge in [0, 0.05) is 39.0 Å². The van der Waals surface area contributed by atoms with E-state index in [1.165, 1.54) is 0 Å². The maximum absolute atomic E-state index is 12.4. The number of carbonyl (C=O) groups excluding carboxylic acids is 2. The van der Waals surface area contributed by atoms with E-state index in [-0.39, 0.29) is 37.8 Å². The van der Waals surface area contributed by atoms with Gasteiger partial charge in [-0.3, -0.25) is 9.59 Å². The molecule has 23 heavy (non-hydrogen) atoms. The second-order valence-corrected chi connectivity index (χ2v) is 5.65. The van der Waals surface area contributed by atoms with Gasteiger partial charge in [-0.05, 0) is 25.0 Å². The molecule has 0 unspecified atom stereocenters. The molecule has 1 aromatic rings. The number of carbonyl (C=O) groups is 2. The van der Waals surface area contributed by atoms with Crippen molar-refractivity contribution in [1.82, 2.24) is 9.80 Å². The molecule has 0 aliphatic carbocycles. The Morgan fingerprint density at radius 2 is 2.00 bits per heavy atom. The van der Waals surface area contributed by atoms with Crippen LogP contribution in [-0.2, 0) is 16.0 Å². The smallest absolute Gasteiger partial charge is 0.469 e. The minimum Gasteiger partial charge on any atom is -0.469 e. The van der Waals surface area contributed by atoms with Crippen LogP contribution in [-0.4, -0.2) is 54.5 Å². The molecule has 8 heteroatoms. The van der Waals surface area contributed by atoms with Crippen LogP contribution in [0.3, 0.4) is 0 Å². The molecule has 1 aliphatic heterocycles. The maximum Gasteiger partial charge on any atom is 0.471 e. The Kier molecular flexibility index (Phi) is 5.33. The second-order valence-electron chi connectivity index (χ2n) is 5.65. The monoisotopic (exact) mass is 332 g/mol. The molecule has 1 fully saturated rings. The van der Waals surface area contributed by atoms with Crippen molar-refractivity contribution in [2.24, 2.45) is 5.92 Å². The average molecular weight is 332 g/mol. The largest absolute Gasteiger partial charge is 0.471 e. The molecular formula is C15H19F3N2O3. The molecule has 0 saturated carbocycles. The van der Waals surface area contributed by atoms with Gasteiger partial charge in [0.2, 0.25) is 5.91 Å². The van der Waals surface area contributed by atoms with E-state index in [1.807, 2.05) is 6.07 Å². The van der Waals surface area contributed by atoms with Crippen LogP contribution in [0.1, 0.15) is 18.6 Å². The first-order valence-electron chi connectivity index (χ1n) is 7.42. The highest BCUT2D eigenvalue weighted by atomic mass is 19.4. The third kappa shape index (κ3) is 4.49. The zero-order valence-electron chi connectivity index (χ0n) is 12.8. The standard InChI is InChI=1S/C15H19F3N2O3/c1-19(7-6-12-3-2-10-23-12)13(21)11-4-8-20(9-5-11)14(22)15(16,17)18/h2-3,10-11H,4-9H2,1H3. The SMILES string of the molecule is CN(CCc1ccco1)C(=O)C1CCN(C(=O)C(F)(F)F)CC1. The fourth-order valence-electron chi connectivity index (χ4n) is 2.66. The number of furan rings is 1. The Balaban J connectivity index is 1.80. The van der Waals surface area contributed by atoms with Crippen LogP contribution in [0, 0.1) is 5.92 Å². The van der Waals surface area contributed by atoms with Crippen LogP contribution in [0.25, 0.3) is 0 Å². The maximum atomic E-state index is 12.4. The first-order chi connectivity index (χ1) is 10.8. The number of likely N-dealkylation sites (tertiary alicyclic amines) is 1. The summed E-state index contributed by atoms with van der Waals surface area (Å²) >= 11 is 0. The highest BCUT2D eigenvalue weighted by molar-refractivity contribution is 5.83. The normalized spacial score (nSPS) is 16.4. The molecule has 0 radical (unpaired) electrons. The van der Waals surface area contributed by atoms with Crippen molar-refractivity contribution in [2.75, 3.05) is 26.7 Å². The lowest BCUT2D eigenvalue weighted by atomic mass is 9.95. The fraction of sp³-hybridized carbons (Fsp3) is 0.600. The predicted octanol–water partition coefficient (Wildman–Crippen LogP) is 2.08. The third-order valence-electron chi connectivity index (χ3n) is 4.02. The van der Waals surface area contributed by atoms with E-state index in [0.29, 0.717) is 13.0 Å². The summed E-state index contributed by atoms with van der Waals surface area (Å²) in [5.74, 6) is -1.49. The molecule has 1 aromatic heterocycles. The van der Waals surface area contributed by atoms with Crippen molar-refractivity contribution in [1.29, 1.82) is 0 Å². The minimum atomic E-state index is -4.85. The summed E-state index contributed by atoms with van der Waals surface area (Å²) in [7, 11) is 1.67. The summed E-state index contributed by atoms with van der Waals surface area (Å²) in [4.78, 5) is 25.8. The molecule has 1 saturated heterocycles. The molecule has 1 aliphatic rings. The molecule has 0 spiro atoms. The van der Waals surface area contributed by atoms with Crippen LogP contribution in [0.4, 0.5) is 13.2 Å².